The molecule has 0 aromatic carbocycles. The van der Waals surface area contributed by atoms with Crippen molar-refractivity contribution < 1.29 is 58.2 Å². The van der Waals surface area contributed by atoms with Crippen LogP contribution in [0.1, 0.15) is 318 Å². The van der Waals surface area contributed by atoms with Crippen LogP contribution in [0.4, 0.5) is 0 Å². The minimum Gasteiger partial charge on any atom is -0.394 e. The Bertz CT molecular complexity index is 2640. The number of hydrogen-bond acceptors (Lipinski definition) is 22. The van der Waals surface area contributed by atoms with E-state index in [0.717, 1.165) is 44.9 Å². The van der Waals surface area contributed by atoms with Gasteiger partial charge in [-0.25, -0.2) is 0 Å². The van der Waals surface area contributed by atoms with Crippen molar-refractivity contribution in [3.8, 4) is 0 Å². The Morgan fingerprint density at radius 1 is 0.260 bits per heavy atom. The number of allylic oxidation sites excluding steroid dienone is 4. The van der Waals surface area contributed by atoms with Crippen LogP contribution in [-0.2, 0) is 47.9 Å². The second kappa shape index (κ2) is 108. The summed E-state index contributed by atoms with van der Waals surface area (Å²) in [5.41, 5.74) is 46.9. The second-order valence-corrected chi connectivity index (χ2v) is 33.3. The van der Waals surface area contributed by atoms with Gasteiger partial charge < -0.3 is 109 Å². The van der Waals surface area contributed by atoms with E-state index in [9.17, 15) is 58.2 Å². The molecule has 0 rings (SSSR count). The van der Waals surface area contributed by atoms with Crippen molar-refractivity contribution in [1.29, 1.82) is 0 Å². The summed E-state index contributed by atoms with van der Waals surface area (Å²) in [4.78, 5) is 136. The van der Waals surface area contributed by atoms with E-state index in [1.54, 1.807) is 0 Å². The first-order valence-electron chi connectivity index (χ1n) is 46.0. The molecule has 28 N–H and O–H groups in total. The molecule has 30 nitrogen and oxygen atoms in total. The Labute approximate surface area is 824 Å². The molecule has 10 amide bonds. The minimum absolute atomic E-state index is 0. The largest absolute Gasteiger partial charge is 0.394 e. The van der Waals surface area contributed by atoms with Crippen LogP contribution in [0.5, 0.6) is 0 Å². The van der Waals surface area contributed by atoms with Crippen LogP contribution in [-0.4, -0.2) is 218 Å². The lowest BCUT2D eigenvalue weighted by molar-refractivity contribution is -0.134. The van der Waals surface area contributed by atoms with E-state index in [4.69, 9.17) is 45.9 Å². The van der Waals surface area contributed by atoms with Gasteiger partial charge in [-0.2, -0.15) is 23.5 Å². The molecule has 0 saturated carbocycles. The van der Waals surface area contributed by atoms with Gasteiger partial charge in [0, 0.05) is 49.2 Å². The molecule has 760 valence electrons. The van der Waals surface area contributed by atoms with Gasteiger partial charge in [-0.15, -0.1) is 99.3 Å². The highest BCUT2D eigenvalue weighted by atomic mass is 35.5. The minimum atomic E-state index is -1.39. The Hall–Kier alpha value is -3.20. The Balaban J connectivity index is -0.000000376. The van der Waals surface area contributed by atoms with Crippen molar-refractivity contribution in [3.05, 3.63) is 24.3 Å². The van der Waals surface area contributed by atoms with Crippen LogP contribution in [0.2, 0.25) is 0 Å². The summed E-state index contributed by atoms with van der Waals surface area (Å²) < 4.78 is 0. The standard InChI is InChI=1S/C61H122N18O12S2.C14H28.C12H24.8ClH/c1-3-5-7-9-17-33-73-57(87)49(39-81)77-61(91)51(79-59(89)47(75-55(85)45(69)23-11-15-29-63)27-13-19-35-71-53(83)43(67)25-21-31-65)41-93-37-36-92-40-50(60(90)76-48(38-80)56(86)72-32-16-8-6-4-2)78-58(88)46(74-54(84)44(68)22-10-14-28-62)26-12-18-34-70-52(82)42(66)24-20-30-64;1-3-5-7-9-11-13-14-12-10-8-6-4-2;1-3-5-7-9-11-12-10-8-6-4-2;;;;;;;;/h42-51,80-81H,3-41,62-69H2,1-2H3,(H,70,82)(H,71,83)(H,72,86)(H,73,87)(H,74,84)(H,75,85)(H,76,90)(H,77,91)(H,78,88)(H,79,89);9,11H,3-8,10,12-14H2,1-2H3;5,7H,3-4,6,8-12H2,1-2H3;8*1H/b;11-9+;7-5+;;;;;;;;. The lowest BCUT2D eigenvalue weighted by atomic mass is 10.1. The average molecular weight is 2020 g/mol. The van der Waals surface area contributed by atoms with Crippen LogP contribution in [0.25, 0.3) is 0 Å². The normalized spacial score (nSPS) is 12.9. The zero-order chi connectivity index (χ0) is 89.2. The van der Waals surface area contributed by atoms with Crippen LogP contribution in [0.3, 0.4) is 0 Å². The molecule has 0 radical (unpaired) electrons. The van der Waals surface area contributed by atoms with Gasteiger partial charge in [0.15, 0.2) is 0 Å². The summed E-state index contributed by atoms with van der Waals surface area (Å²) in [7, 11) is 0. The lowest BCUT2D eigenvalue weighted by Crippen LogP contribution is -2.59. The Kier molecular flexibility index (Phi) is 125. The van der Waals surface area contributed by atoms with Crippen molar-refractivity contribution in [2.75, 3.05) is 88.6 Å². The molecular weight excluding hydrogens is 1840 g/mol. The fourth-order valence-electron chi connectivity index (χ4n) is 12.2. The summed E-state index contributed by atoms with van der Waals surface area (Å²) in [5.74, 6) is -6.00. The van der Waals surface area contributed by atoms with Crippen molar-refractivity contribution in [2.24, 2.45) is 45.9 Å². The molecule has 0 aliphatic carbocycles. The number of nitrogens with one attached hydrogen (secondary N) is 10. The summed E-state index contributed by atoms with van der Waals surface area (Å²) in [6.45, 7) is 14.2. The van der Waals surface area contributed by atoms with E-state index in [-0.39, 0.29) is 173 Å². The molecule has 0 aliphatic rings. The summed E-state index contributed by atoms with van der Waals surface area (Å²) >= 11 is 2.41. The first-order chi connectivity index (χ1) is 57.5. The van der Waals surface area contributed by atoms with Crippen molar-refractivity contribution in [1.82, 2.24) is 53.2 Å². The van der Waals surface area contributed by atoms with Gasteiger partial charge in [0.05, 0.1) is 37.4 Å². The first kappa shape index (κ1) is 147. The molecule has 40 heteroatoms. The number of rotatable bonds is 78. The molecule has 10 atom stereocenters. The number of amides is 10. The highest BCUT2D eigenvalue weighted by Crippen LogP contribution is 2.16. The van der Waals surface area contributed by atoms with Gasteiger partial charge in [0.1, 0.15) is 36.3 Å². The van der Waals surface area contributed by atoms with Crippen molar-refractivity contribution in [2.45, 2.75) is 378 Å². The zero-order valence-electron chi connectivity index (χ0n) is 78.1. The number of halogens is 8. The van der Waals surface area contributed by atoms with Crippen LogP contribution < -0.4 is 99.0 Å². The van der Waals surface area contributed by atoms with Crippen molar-refractivity contribution >= 4 is 182 Å². The number of hydrogen-bond donors (Lipinski definition) is 20. The highest BCUT2D eigenvalue weighted by molar-refractivity contribution is 8.03. The molecule has 0 bridgehead atoms. The maximum Gasteiger partial charge on any atom is 0.244 e. The third kappa shape index (κ3) is 87.9. The SMILES string of the molecule is CC/C=C/CCCCCCCC.CCCC/C=C/CCCCCCCC.CCCCCCCNC(=O)C(CO)NC(=O)C(CSCCSCC(NC(=O)C(CCCCNC(=O)C(N)CCCN)NC(=O)C(N)CCCCN)C(=O)NC(CO)C(=O)NCCCCCC)NC(=O)C(CCCCNC(=O)C(N)CCCN)NC(=O)C(N)CCCCN.Cl.Cl.Cl.Cl.Cl.Cl.Cl.Cl. The summed E-state index contributed by atoms with van der Waals surface area (Å²) in [6.07, 6.45) is 48.5. The fourth-order valence-corrected chi connectivity index (χ4v) is 14.4. The first-order valence-corrected chi connectivity index (χ1v) is 48.3. The van der Waals surface area contributed by atoms with E-state index in [1.165, 1.54) is 139 Å². The Morgan fingerprint density at radius 2 is 0.504 bits per heavy atom. The number of nitrogens with two attached hydrogens (primary N) is 8. The highest BCUT2D eigenvalue weighted by Gasteiger charge is 2.33. The monoisotopic (exact) mass is 2020 g/mol. The third-order valence-corrected chi connectivity index (χ3v) is 22.3. The van der Waals surface area contributed by atoms with Crippen molar-refractivity contribution in [3.63, 3.8) is 0 Å². The molecule has 10 unspecified atom stereocenters. The van der Waals surface area contributed by atoms with E-state index >= 15 is 0 Å². The predicted octanol–water partition coefficient (Wildman–Crippen LogP) is 10.3. The molecule has 0 aromatic rings. The molecule has 0 aliphatic heterocycles. The number of carbonyl (C=O) groups excluding carboxylic acids is 10. The van der Waals surface area contributed by atoms with Crippen LogP contribution in [0, 0.1) is 0 Å². The van der Waals surface area contributed by atoms with Gasteiger partial charge in [-0.1, -0.05) is 201 Å². The van der Waals surface area contributed by atoms with E-state index in [2.05, 4.69) is 112 Å². The maximum absolute atomic E-state index is 14.4. The number of aliphatic hydroxyl groups is 2. The number of carbonyl (C=O) groups is 10. The second-order valence-electron chi connectivity index (χ2n) is 31.0. The fraction of sp³-hybridized carbons (Fsp3) is 0.839. The molecule has 0 heterocycles. The molecule has 0 spiro atoms. The Morgan fingerprint density at radius 3 is 0.827 bits per heavy atom. The van der Waals surface area contributed by atoms with Gasteiger partial charge >= 0.3 is 0 Å². The lowest BCUT2D eigenvalue weighted by Gasteiger charge is -2.26. The number of aliphatic hydroxyl groups excluding tert-OH is 2. The van der Waals surface area contributed by atoms with Gasteiger partial charge in [0.25, 0.3) is 0 Å². The smallest absolute Gasteiger partial charge is 0.244 e. The van der Waals surface area contributed by atoms with E-state index in [0.29, 0.717) is 129 Å². The molecule has 0 aromatic heterocycles. The topological polar surface area (TPSA) is 540 Å². The van der Waals surface area contributed by atoms with E-state index < -0.39 is 121 Å². The summed E-state index contributed by atoms with van der Waals surface area (Å²) in [6, 6.07) is -11.4. The van der Waals surface area contributed by atoms with Gasteiger partial charge in [0.2, 0.25) is 59.1 Å². The van der Waals surface area contributed by atoms with Gasteiger partial charge in [-0.3, -0.25) is 47.9 Å². The predicted molar refractivity (Wildman–Crippen MR) is 549 cm³/mol. The van der Waals surface area contributed by atoms with E-state index in [1.807, 2.05) is 6.92 Å². The maximum atomic E-state index is 14.4. The molecule has 0 saturated heterocycles. The van der Waals surface area contributed by atoms with Crippen LogP contribution >= 0.6 is 123 Å². The molecule has 127 heavy (non-hydrogen) atoms. The number of thioether (sulfide) groups is 2. The molecular formula is C87H182Cl8N18O12S2. The quantitative estimate of drug-likeness (QED) is 0.0199. The molecule has 0 fully saturated rings. The van der Waals surface area contributed by atoms with Crippen LogP contribution in [0.15, 0.2) is 24.3 Å². The third-order valence-electron chi connectivity index (χ3n) is 19.9. The average Bonchev–Trinajstić information content (AvgIpc) is 0.815. The number of unbranched alkanes of at least 4 members (excludes halogenated alkanes) is 25. The summed E-state index contributed by atoms with van der Waals surface area (Å²) in [5, 5.41) is 47.7. The van der Waals surface area contributed by atoms with Gasteiger partial charge in [-0.05, 0) is 167 Å². The zero-order valence-corrected chi connectivity index (χ0v) is 86.2.